The number of anilines is 1. The highest BCUT2D eigenvalue weighted by molar-refractivity contribution is 6.17. The van der Waals surface area contributed by atoms with Gasteiger partial charge < -0.3 is 20.9 Å². The first-order chi connectivity index (χ1) is 13.0. The van der Waals surface area contributed by atoms with Gasteiger partial charge in [-0.15, -0.1) is 0 Å². The molecule has 144 valence electrons. The van der Waals surface area contributed by atoms with Crippen molar-refractivity contribution in [2.75, 3.05) is 38.1 Å². The molecule has 3 fully saturated rings. The molecule has 3 heterocycles. The third-order valence-electron chi connectivity index (χ3n) is 6.31. The van der Waals surface area contributed by atoms with Crippen LogP contribution in [0, 0.1) is 16.7 Å². The number of carbonyl (C=O) groups excluding carboxylic acids is 2. The summed E-state index contributed by atoms with van der Waals surface area (Å²) in [4.78, 5) is 25.9. The van der Waals surface area contributed by atoms with Gasteiger partial charge in [-0.2, -0.15) is 0 Å². The molecule has 0 bridgehead atoms. The Bertz CT molecular complexity index is 777. The van der Waals surface area contributed by atoms with Crippen molar-refractivity contribution in [3.8, 4) is 0 Å². The molecule has 3 aliphatic heterocycles. The number of hydrogen-bond donors (Lipinski definition) is 4. The number of piperidine rings is 2. The highest BCUT2D eigenvalue weighted by atomic mass is 16.2. The third-order valence-corrected chi connectivity index (χ3v) is 6.31. The molecule has 27 heavy (non-hydrogen) atoms. The van der Waals surface area contributed by atoms with Crippen molar-refractivity contribution < 1.29 is 14.9 Å². The summed E-state index contributed by atoms with van der Waals surface area (Å²) in [6.07, 6.45) is 3.20. The number of amides is 2. The van der Waals surface area contributed by atoms with Gasteiger partial charge in [-0.05, 0) is 44.5 Å². The van der Waals surface area contributed by atoms with Crippen LogP contribution >= 0.6 is 0 Å². The molecular formula is C20H28N5O2+. The molecule has 1 unspecified atom stereocenters. The highest BCUT2D eigenvalue weighted by Crippen LogP contribution is 2.41. The van der Waals surface area contributed by atoms with Crippen molar-refractivity contribution in [3.63, 3.8) is 0 Å². The minimum absolute atomic E-state index is 0.244. The number of hydrogen-bond acceptors (Lipinski definition) is 5. The Balaban J connectivity index is 1.49. The van der Waals surface area contributed by atoms with Gasteiger partial charge in [0.2, 0.25) is 11.8 Å². The second-order valence-electron chi connectivity index (χ2n) is 8.08. The van der Waals surface area contributed by atoms with Gasteiger partial charge in [-0.3, -0.25) is 14.9 Å². The summed E-state index contributed by atoms with van der Waals surface area (Å²) in [5.74, 6) is -1.14. The van der Waals surface area contributed by atoms with E-state index >= 15 is 0 Å². The number of nitrogens with one attached hydrogen (secondary N) is 3. The van der Waals surface area contributed by atoms with Crippen LogP contribution in [-0.4, -0.2) is 50.8 Å². The van der Waals surface area contributed by atoms with Gasteiger partial charge in [0.15, 0.2) is 0 Å². The van der Waals surface area contributed by atoms with Gasteiger partial charge in [-0.1, -0.05) is 0 Å². The minimum atomic E-state index is -0.547. The molecule has 2 amide bonds. The summed E-state index contributed by atoms with van der Waals surface area (Å²) < 4.78 is 0. The number of nitrogens with zero attached hydrogens (tertiary/aromatic N) is 1. The Morgan fingerprint density at radius 1 is 1.26 bits per heavy atom. The predicted octanol–water partition coefficient (Wildman–Crippen LogP) is 0.122. The van der Waals surface area contributed by atoms with E-state index < -0.39 is 5.92 Å². The lowest BCUT2D eigenvalue weighted by Crippen LogP contribution is -2.73. The molecule has 0 aliphatic carbocycles. The normalized spacial score (nSPS) is 24.5. The van der Waals surface area contributed by atoms with E-state index in [1.165, 1.54) is 18.5 Å². The van der Waals surface area contributed by atoms with Crippen LogP contribution in [0.4, 0.5) is 11.4 Å². The summed E-state index contributed by atoms with van der Waals surface area (Å²) in [5, 5.41) is 16.3. The second kappa shape index (κ2) is 7.05. The van der Waals surface area contributed by atoms with E-state index in [2.05, 4.69) is 27.7 Å². The molecule has 3 aliphatic rings. The Kier molecular flexibility index (Phi) is 4.74. The average molecular weight is 370 g/mol. The summed E-state index contributed by atoms with van der Waals surface area (Å²) in [6.45, 7) is 4.43. The van der Waals surface area contributed by atoms with Crippen molar-refractivity contribution in [1.29, 1.82) is 5.41 Å². The summed E-state index contributed by atoms with van der Waals surface area (Å²) in [6, 6.07) is 6.16. The fourth-order valence-corrected chi connectivity index (χ4v) is 4.61. The topological polar surface area (TPSA) is 102 Å². The molecule has 7 heteroatoms. The average Bonchev–Trinajstić information content (AvgIpc) is 2.65. The van der Waals surface area contributed by atoms with E-state index in [9.17, 15) is 9.59 Å². The fraction of sp³-hybridized carbons (Fsp3) is 0.550. The van der Waals surface area contributed by atoms with Crippen LogP contribution in [0.15, 0.2) is 18.2 Å². The van der Waals surface area contributed by atoms with Gasteiger partial charge in [0, 0.05) is 36.7 Å². The quantitative estimate of drug-likeness (QED) is 0.344. The highest BCUT2D eigenvalue weighted by Gasteiger charge is 2.43. The second-order valence-corrected chi connectivity index (χ2v) is 8.08. The van der Waals surface area contributed by atoms with Crippen LogP contribution < -0.4 is 20.9 Å². The van der Waals surface area contributed by atoms with Crippen molar-refractivity contribution in [2.24, 2.45) is 11.3 Å². The molecule has 0 saturated carbocycles. The number of nitrogens with two attached hydrogens (primary N) is 1. The van der Waals surface area contributed by atoms with E-state index in [-0.39, 0.29) is 11.8 Å². The van der Waals surface area contributed by atoms with Gasteiger partial charge in [0.1, 0.15) is 5.69 Å². The zero-order chi connectivity index (χ0) is 19.0. The lowest BCUT2D eigenvalue weighted by molar-refractivity contribution is -0.539. The predicted molar refractivity (Wildman–Crippen MR) is 103 cm³/mol. The molecule has 3 saturated heterocycles. The Labute approximate surface area is 159 Å². The number of imide groups is 1. The lowest BCUT2D eigenvalue weighted by atomic mass is 9.72. The Morgan fingerprint density at radius 3 is 2.67 bits per heavy atom. The SMILES string of the molecule is C[NH2+]c1cc(N2CC3(CCNCC3)C2)ccc1C(=N)C1CCC(=O)NC1=O. The molecule has 0 aromatic heterocycles. The van der Waals surface area contributed by atoms with Gasteiger partial charge in [0.25, 0.3) is 0 Å². The lowest BCUT2D eigenvalue weighted by Gasteiger charge is -2.53. The summed E-state index contributed by atoms with van der Waals surface area (Å²) >= 11 is 0. The first kappa shape index (κ1) is 18.1. The van der Waals surface area contributed by atoms with Gasteiger partial charge in [0.05, 0.1) is 24.2 Å². The zero-order valence-electron chi connectivity index (χ0n) is 15.8. The van der Waals surface area contributed by atoms with Crippen molar-refractivity contribution in [1.82, 2.24) is 10.6 Å². The smallest absolute Gasteiger partial charge is 0.235 e. The first-order valence-corrected chi connectivity index (χ1v) is 9.83. The molecule has 0 radical (unpaired) electrons. The maximum atomic E-state index is 12.1. The maximum Gasteiger partial charge on any atom is 0.235 e. The van der Waals surface area contributed by atoms with Crippen LogP contribution in [-0.2, 0) is 9.59 Å². The molecule has 1 aromatic rings. The molecule has 1 spiro atoms. The molecule has 5 N–H and O–H groups in total. The fourth-order valence-electron chi connectivity index (χ4n) is 4.61. The van der Waals surface area contributed by atoms with Crippen molar-refractivity contribution in [3.05, 3.63) is 23.8 Å². The van der Waals surface area contributed by atoms with E-state index in [0.717, 1.165) is 37.4 Å². The van der Waals surface area contributed by atoms with E-state index in [1.807, 2.05) is 18.4 Å². The Hall–Kier alpha value is -2.25. The molecule has 4 rings (SSSR count). The molecule has 1 atom stereocenters. The Morgan fingerprint density at radius 2 is 2.00 bits per heavy atom. The van der Waals surface area contributed by atoms with Crippen molar-refractivity contribution in [2.45, 2.75) is 25.7 Å². The first-order valence-electron chi connectivity index (χ1n) is 9.83. The van der Waals surface area contributed by atoms with Crippen LogP contribution in [0.25, 0.3) is 0 Å². The molecular weight excluding hydrogens is 342 g/mol. The number of quaternary nitrogens is 1. The minimum Gasteiger partial charge on any atom is -0.370 e. The van der Waals surface area contributed by atoms with Crippen LogP contribution in [0.1, 0.15) is 31.2 Å². The zero-order valence-corrected chi connectivity index (χ0v) is 15.8. The van der Waals surface area contributed by atoms with Crippen LogP contribution in [0.5, 0.6) is 0 Å². The number of rotatable bonds is 4. The summed E-state index contributed by atoms with van der Waals surface area (Å²) in [5.41, 5.74) is 3.73. The monoisotopic (exact) mass is 370 g/mol. The largest absolute Gasteiger partial charge is 0.370 e. The standard InChI is InChI=1S/C20H27N5O2/c1-22-16-10-13(25-11-20(12-25)6-8-23-9-7-20)2-3-14(16)18(21)15-4-5-17(26)24-19(15)27/h2-3,10,15,21-23H,4-9,11-12H2,1H3,(H,24,26,27)/p+1. The van der Waals surface area contributed by atoms with Gasteiger partial charge >= 0.3 is 0 Å². The third kappa shape index (κ3) is 3.37. The van der Waals surface area contributed by atoms with Crippen LogP contribution in [0.2, 0.25) is 0 Å². The maximum absolute atomic E-state index is 12.1. The molecule has 7 nitrogen and oxygen atoms in total. The van der Waals surface area contributed by atoms with Crippen molar-refractivity contribution >= 4 is 28.9 Å². The number of carbonyl (C=O) groups is 2. The number of benzene rings is 1. The summed E-state index contributed by atoms with van der Waals surface area (Å²) in [7, 11) is 1.96. The van der Waals surface area contributed by atoms with Crippen LogP contribution in [0.3, 0.4) is 0 Å². The molecule has 1 aromatic carbocycles. The van der Waals surface area contributed by atoms with E-state index in [4.69, 9.17) is 5.41 Å². The van der Waals surface area contributed by atoms with E-state index in [0.29, 0.717) is 24.0 Å². The van der Waals surface area contributed by atoms with E-state index in [1.54, 1.807) is 0 Å². The van der Waals surface area contributed by atoms with Gasteiger partial charge in [-0.25, -0.2) is 0 Å².